The molecule has 0 bridgehead atoms. The van der Waals surface area contributed by atoms with Gasteiger partial charge < -0.3 is 50.6 Å². The molecule has 0 aromatic rings. The van der Waals surface area contributed by atoms with Crippen LogP contribution in [0.15, 0.2) is 0 Å². The molecule has 0 rings (SSSR count). The third kappa shape index (κ3) is 4550. The standard InChI is InChI=1S/4C2H6N.Ti/c4*1-2-3;/h4*1-3H2;/q4*-1;+4. The minimum Gasteiger partial charge on any atom is -0.360 e. The fourth-order valence-corrected chi connectivity index (χ4v) is 0. The SMILES string of the molecule is [CH2-]CN.[CH2-]CN.[CH2-]CN.[CH2-]CN.[Ti+4]. The number of hydrogen-bond donors (Lipinski definition) is 4. The Bertz CT molecular complexity index is 24.1. The van der Waals surface area contributed by atoms with Crippen LogP contribution < -0.4 is 22.9 Å². The second-order valence-corrected chi connectivity index (χ2v) is 1.15. The average Bonchev–Trinajstić information content (AvgIpc) is 1.92. The normalized spacial score (nSPS) is 5.54. The van der Waals surface area contributed by atoms with E-state index in [1.807, 2.05) is 0 Å². The molecule has 80 valence electrons. The van der Waals surface area contributed by atoms with Crippen molar-refractivity contribution in [3.05, 3.63) is 27.7 Å². The second-order valence-electron chi connectivity index (χ2n) is 1.15. The van der Waals surface area contributed by atoms with Gasteiger partial charge in [-0.25, -0.2) is 0 Å². The summed E-state index contributed by atoms with van der Waals surface area (Å²) < 4.78 is 0. The Morgan fingerprint density at radius 2 is 0.538 bits per heavy atom. The van der Waals surface area contributed by atoms with E-state index in [-0.39, 0.29) is 21.7 Å². The van der Waals surface area contributed by atoms with Crippen molar-refractivity contribution in [2.24, 2.45) is 22.9 Å². The molecule has 0 spiro atoms. The van der Waals surface area contributed by atoms with Crippen molar-refractivity contribution in [3.8, 4) is 0 Å². The molecule has 0 aliphatic heterocycles. The van der Waals surface area contributed by atoms with Gasteiger partial charge in [0.15, 0.2) is 0 Å². The van der Waals surface area contributed by atoms with E-state index in [9.17, 15) is 0 Å². The van der Waals surface area contributed by atoms with Gasteiger partial charge in [0.05, 0.1) is 0 Å². The van der Waals surface area contributed by atoms with Gasteiger partial charge in [0.1, 0.15) is 0 Å². The maximum atomic E-state index is 4.74. The van der Waals surface area contributed by atoms with Crippen LogP contribution in [0.25, 0.3) is 0 Å². The molecule has 0 aromatic carbocycles. The monoisotopic (exact) mass is 224 g/mol. The Kier molecular flexibility index (Phi) is 181. The van der Waals surface area contributed by atoms with E-state index >= 15 is 0 Å². The van der Waals surface area contributed by atoms with Crippen molar-refractivity contribution in [3.63, 3.8) is 0 Å². The first-order chi connectivity index (χ1) is 5.66. The number of nitrogens with two attached hydrogens (primary N) is 4. The van der Waals surface area contributed by atoms with Crippen LogP contribution in [0.5, 0.6) is 0 Å². The van der Waals surface area contributed by atoms with Crippen LogP contribution in [-0.4, -0.2) is 26.2 Å². The summed E-state index contributed by atoms with van der Waals surface area (Å²) in [5.41, 5.74) is 18.9. The second kappa shape index (κ2) is 80.8. The van der Waals surface area contributed by atoms with Gasteiger partial charge in [0.25, 0.3) is 0 Å². The molecule has 4 nitrogen and oxygen atoms in total. The molecule has 0 aliphatic carbocycles. The van der Waals surface area contributed by atoms with E-state index in [0.717, 1.165) is 0 Å². The zero-order chi connectivity index (χ0) is 10.8. The summed E-state index contributed by atoms with van der Waals surface area (Å²) in [6, 6.07) is 0. The fourth-order valence-electron chi connectivity index (χ4n) is 0. The maximum Gasteiger partial charge on any atom is 4.00 e. The first-order valence-corrected chi connectivity index (χ1v) is 3.63. The van der Waals surface area contributed by atoms with E-state index in [4.69, 9.17) is 22.9 Å². The molecule has 5 heteroatoms. The molecule has 0 fully saturated rings. The molecule has 0 amide bonds. The van der Waals surface area contributed by atoms with Gasteiger partial charge in [-0.05, 0) is 0 Å². The fraction of sp³-hybridized carbons (Fsp3) is 0.500. The largest absolute Gasteiger partial charge is 4.00 e. The zero-order valence-electron chi connectivity index (χ0n) is 8.47. The molecule has 0 aromatic heterocycles. The van der Waals surface area contributed by atoms with E-state index in [1.165, 1.54) is 0 Å². The van der Waals surface area contributed by atoms with Gasteiger partial charge >= 0.3 is 21.7 Å². The van der Waals surface area contributed by atoms with Crippen LogP contribution in [0.4, 0.5) is 0 Å². The van der Waals surface area contributed by atoms with Crippen LogP contribution >= 0.6 is 0 Å². The summed E-state index contributed by atoms with van der Waals surface area (Å²) in [5, 5.41) is 0. The minimum absolute atomic E-state index is 0. The molecule has 0 atom stereocenters. The molecule has 0 radical (unpaired) electrons. The Hall–Kier alpha value is 0.554. The smallest absolute Gasteiger partial charge is 0.360 e. The van der Waals surface area contributed by atoms with E-state index in [0.29, 0.717) is 26.2 Å². The van der Waals surface area contributed by atoms with Crippen molar-refractivity contribution in [1.29, 1.82) is 0 Å². The van der Waals surface area contributed by atoms with Crippen molar-refractivity contribution in [1.82, 2.24) is 0 Å². The number of rotatable bonds is 0. The van der Waals surface area contributed by atoms with E-state index < -0.39 is 0 Å². The summed E-state index contributed by atoms with van der Waals surface area (Å²) in [6.45, 7) is 15.1. The maximum absolute atomic E-state index is 4.74. The van der Waals surface area contributed by atoms with Crippen LogP contribution in [0.3, 0.4) is 0 Å². The Balaban J connectivity index is -0.0000000213. The van der Waals surface area contributed by atoms with Crippen molar-refractivity contribution in [2.45, 2.75) is 0 Å². The molecular formula is C8H24N4Ti. The van der Waals surface area contributed by atoms with Crippen molar-refractivity contribution >= 4 is 0 Å². The van der Waals surface area contributed by atoms with E-state index in [2.05, 4.69) is 27.7 Å². The first-order valence-electron chi connectivity index (χ1n) is 3.63. The predicted octanol–water partition coefficient (Wildman–Crippen LogP) is -0.886. The van der Waals surface area contributed by atoms with Crippen LogP contribution in [0, 0.1) is 27.7 Å². The molecule has 0 saturated carbocycles. The van der Waals surface area contributed by atoms with E-state index in [1.54, 1.807) is 0 Å². The summed E-state index contributed by atoms with van der Waals surface area (Å²) in [5.74, 6) is 0. The van der Waals surface area contributed by atoms with Gasteiger partial charge in [0.2, 0.25) is 0 Å². The molecule has 0 aliphatic rings. The molecule has 0 heterocycles. The van der Waals surface area contributed by atoms with Crippen LogP contribution in [-0.2, 0) is 21.7 Å². The van der Waals surface area contributed by atoms with Crippen molar-refractivity contribution in [2.75, 3.05) is 26.2 Å². The Labute approximate surface area is 98.7 Å². The van der Waals surface area contributed by atoms with Crippen LogP contribution in [0.2, 0.25) is 0 Å². The minimum atomic E-state index is 0. The molecule has 0 unspecified atom stereocenters. The van der Waals surface area contributed by atoms with Gasteiger partial charge in [0, 0.05) is 0 Å². The zero-order valence-corrected chi connectivity index (χ0v) is 10.0. The Morgan fingerprint density at radius 1 is 0.538 bits per heavy atom. The third-order valence-electron chi connectivity index (χ3n) is 0. The van der Waals surface area contributed by atoms with Crippen molar-refractivity contribution < 1.29 is 21.7 Å². The van der Waals surface area contributed by atoms with Gasteiger partial charge in [-0.3, -0.25) is 0 Å². The first kappa shape index (κ1) is 29.2. The van der Waals surface area contributed by atoms with Gasteiger partial charge in [-0.1, -0.05) is 0 Å². The topological polar surface area (TPSA) is 104 Å². The number of hydrogen-bond acceptors (Lipinski definition) is 4. The van der Waals surface area contributed by atoms with Gasteiger partial charge in [-0.15, -0.1) is 26.2 Å². The average molecular weight is 224 g/mol. The third-order valence-corrected chi connectivity index (χ3v) is 0. The molecule has 13 heavy (non-hydrogen) atoms. The summed E-state index contributed by atoms with van der Waals surface area (Å²) >= 11 is 0. The van der Waals surface area contributed by atoms with Crippen LogP contribution in [0.1, 0.15) is 0 Å². The summed E-state index contributed by atoms with van der Waals surface area (Å²) in [4.78, 5) is 0. The quantitative estimate of drug-likeness (QED) is 0.316. The molecular weight excluding hydrogens is 200 g/mol. The molecule has 0 saturated heterocycles. The molecule has 8 N–H and O–H groups in total. The summed E-state index contributed by atoms with van der Waals surface area (Å²) in [7, 11) is 0. The summed E-state index contributed by atoms with van der Waals surface area (Å²) in [6.07, 6.45) is 0. The Morgan fingerprint density at radius 3 is 0.538 bits per heavy atom. The predicted molar refractivity (Wildman–Crippen MR) is 57.6 cm³/mol. The van der Waals surface area contributed by atoms with Gasteiger partial charge in [-0.2, -0.15) is 0 Å².